The third-order valence-electron chi connectivity index (χ3n) is 1.33. The summed E-state index contributed by atoms with van der Waals surface area (Å²) in [6, 6.07) is 0. The Morgan fingerprint density at radius 3 is 2.27 bits per heavy atom. The van der Waals surface area contributed by atoms with Crippen molar-refractivity contribution in [2.45, 2.75) is 39.5 Å². The normalized spacial score (nSPS) is 11.6. The summed E-state index contributed by atoms with van der Waals surface area (Å²) in [4.78, 5) is 10.9. The Hall–Kier alpha value is -0.790. The smallest absolute Gasteiger partial charge is 0.159 e. The molecule has 0 aromatic rings. The summed E-state index contributed by atoms with van der Waals surface area (Å²) in [5.41, 5.74) is 0. The van der Waals surface area contributed by atoms with Crippen LogP contribution in [0.4, 0.5) is 0 Å². The standard InChI is InChI=1S/C9H16O2/c1-3-5-8(10)7-9(11)6-4-2/h7,10H,3-6H2,1-2H3. The van der Waals surface area contributed by atoms with Gasteiger partial charge in [-0.1, -0.05) is 13.8 Å². The van der Waals surface area contributed by atoms with Gasteiger partial charge in [0.1, 0.15) is 0 Å². The number of ketones is 1. The first kappa shape index (κ1) is 10.2. The van der Waals surface area contributed by atoms with Crippen LogP contribution < -0.4 is 0 Å². The summed E-state index contributed by atoms with van der Waals surface area (Å²) in [5, 5.41) is 9.09. The molecule has 0 bridgehead atoms. The van der Waals surface area contributed by atoms with Crippen LogP contribution in [-0.4, -0.2) is 10.9 Å². The summed E-state index contributed by atoms with van der Waals surface area (Å²) in [5.74, 6) is 0.240. The quantitative estimate of drug-likeness (QED) is 0.490. The van der Waals surface area contributed by atoms with Crippen molar-refractivity contribution in [3.05, 3.63) is 11.8 Å². The fraction of sp³-hybridized carbons (Fsp3) is 0.667. The van der Waals surface area contributed by atoms with Crippen molar-refractivity contribution in [3.63, 3.8) is 0 Å². The fourth-order valence-electron chi connectivity index (χ4n) is 0.833. The summed E-state index contributed by atoms with van der Waals surface area (Å²) >= 11 is 0. The van der Waals surface area contributed by atoms with Gasteiger partial charge in [0.05, 0.1) is 5.76 Å². The molecule has 0 spiro atoms. The molecular weight excluding hydrogens is 140 g/mol. The van der Waals surface area contributed by atoms with E-state index < -0.39 is 0 Å². The van der Waals surface area contributed by atoms with E-state index in [1.54, 1.807) is 0 Å². The zero-order chi connectivity index (χ0) is 8.69. The molecule has 2 nitrogen and oxygen atoms in total. The highest BCUT2D eigenvalue weighted by atomic mass is 16.3. The number of aliphatic hydroxyl groups is 1. The van der Waals surface area contributed by atoms with Gasteiger partial charge in [0.15, 0.2) is 5.78 Å². The van der Waals surface area contributed by atoms with E-state index in [-0.39, 0.29) is 11.5 Å². The number of aliphatic hydroxyl groups excluding tert-OH is 1. The van der Waals surface area contributed by atoms with E-state index in [0.717, 1.165) is 12.8 Å². The van der Waals surface area contributed by atoms with Gasteiger partial charge in [0.25, 0.3) is 0 Å². The predicted octanol–water partition coefficient (Wildman–Crippen LogP) is 2.60. The Balaban J connectivity index is 3.76. The molecule has 0 aliphatic heterocycles. The molecule has 0 radical (unpaired) electrons. The third kappa shape index (κ3) is 5.64. The van der Waals surface area contributed by atoms with E-state index in [2.05, 4.69) is 0 Å². The van der Waals surface area contributed by atoms with Gasteiger partial charge < -0.3 is 5.11 Å². The first-order valence-electron chi connectivity index (χ1n) is 4.13. The van der Waals surface area contributed by atoms with E-state index in [1.165, 1.54) is 6.08 Å². The molecule has 0 aromatic heterocycles. The Labute approximate surface area is 67.9 Å². The van der Waals surface area contributed by atoms with Crippen molar-refractivity contribution in [3.8, 4) is 0 Å². The average Bonchev–Trinajstić information content (AvgIpc) is 1.87. The zero-order valence-corrected chi connectivity index (χ0v) is 7.26. The van der Waals surface area contributed by atoms with Gasteiger partial charge in [-0.15, -0.1) is 0 Å². The monoisotopic (exact) mass is 156 g/mol. The zero-order valence-electron chi connectivity index (χ0n) is 7.26. The van der Waals surface area contributed by atoms with Crippen LogP contribution in [0.1, 0.15) is 39.5 Å². The molecule has 0 rings (SSSR count). The Kier molecular flexibility index (Phi) is 5.53. The van der Waals surface area contributed by atoms with Crippen LogP contribution in [0.3, 0.4) is 0 Å². The lowest BCUT2D eigenvalue weighted by Crippen LogP contribution is -1.93. The first-order chi connectivity index (χ1) is 5.20. The molecule has 0 aromatic carbocycles. The summed E-state index contributed by atoms with van der Waals surface area (Å²) in [6.45, 7) is 3.91. The van der Waals surface area contributed by atoms with Crippen molar-refractivity contribution < 1.29 is 9.90 Å². The molecule has 0 atom stereocenters. The number of hydrogen-bond acceptors (Lipinski definition) is 2. The van der Waals surface area contributed by atoms with Crippen LogP contribution in [-0.2, 0) is 4.79 Å². The number of carbonyl (C=O) groups is 1. The molecule has 11 heavy (non-hydrogen) atoms. The van der Waals surface area contributed by atoms with Crippen LogP contribution in [0, 0.1) is 0 Å². The van der Waals surface area contributed by atoms with Crippen LogP contribution in [0.2, 0.25) is 0 Å². The minimum Gasteiger partial charge on any atom is -0.512 e. The van der Waals surface area contributed by atoms with E-state index in [9.17, 15) is 4.79 Å². The molecule has 64 valence electrons. The van der Waals surface area contributed by atoms with Crippen molar-refractivity contribution in [1.29, 1.82) is 0 Å². The lowest BCUT2D eigenvalue weighted by Gasteiger charge is -1.95. The van der Waals surface area contributed by atoms with E-state index in [1.807, 2.05) is 13.8 Å². The molecular formula is C9H16O2. The SMILES string of the molecule is CCCC(=O)C=C(O)CCC. The lowest BCUT2D eigenvalue weighted by atomic mass is 10.2. The molecule has 1 N–H and O–H groups in total. The molecule has 0 amide bonds. The van der Waals surface area contributed by atoms with Crippen molar-refractivity contribution >= 4 is 5.78 Å². The van der Waals surface area contributed by atoms with Crippen molar-refractivity contribution in [2.75, 3.05) is 0 Å². The van der Waals surface area contributed by atoms with Gasteiger partial charge in [-0.2, -0.15) is 0 Å². The molecule has 0 saturated carbocycles. The number of hydrogen-bond donors (Lipinski definition) is 1. The van der Waals surface area contributed by atoms with Gasteiger partial charge >= 0.3 is 0 Å². The van der Waals surface area contributed by atoms with Crippen molar-refractivity contribution in [1.82, 2.24) is 0 Å². The first-order valence-corrected chi connectivity index (χ1v) is 4.13. The predicted molar refractivity (Wildman–Crippen MR) is 45.5 cm³/mol. The highest BCUT2D eigenvalue weighted by molar-refractivity contribution is 5.89. The molecule has 0 unspecified atom stereocenters. The highest BCUT2D eigenvalue weighted by Gasteiger charge is 1.97. The molecule has 0 fully saturated rings. The van der Waals surface area contributed by atoms with Gasteiger partial charge in [0, 0.05) is 18.9 Å². The maximum absolute atomic E-state index is 10.9. The number of carbonyl (C=O) groups excluding carboxylic acids is 1. The molecule has 0 saturated heterocycles. The van der Waals surface area contributed by atoms with Crippen LogP contribution >= 0.6 is 0 Å². The van der Waals surface area contributed by atoms with Gasteiger partial charge in [0.2, 0.25) is 0 Å². The molecule has 0 heterocycles. The fourth-order valence-corrected chi connectivity index (χ4v) is 0.833. The van der Waals surface area contributed by atoms with E-state index in [4.69, 9.17) is 5.11 Å². The lowest BCUT2D eigenvalue weighted by molar-refractivity contribution is -0.114. The van der Waals surface area contributed by atoms with E-state index in [0.29, 0.717) is 12.8 Å². The third-order valence-corrected chi connectivity index (χ3v) is 1.33. The molecule has 2 heteroatoms. The number of rotatable bonds is 5. The highest BCUT2D eigenvalue weighted by Crippen LogP contribution is 2.01. The molecule has 0 aliphatic carbocycles. The average molecular weight is 156 g/mol. The van der Waals surface area contributed by atoms with Crippen LogP contribution in [0.25, 0.3) is 0 Å². The molecule has 0 aliphatic rings. The topological polar surface area (TPSA) is 37.3 Å². The Bertz CT molecular complexity index is 148. The minimum absolute atomic E-state index is 0.0263. The largest absolute Gasteiger partial charge is 0.512 e. The van der Waals surface area contributed by atoms with Crippen molar-refractivity contribution in [2.24, 2.45) is 0 Å². The number of allylic oxidation sites excluding steroid dienone is 2. The van der Waals surface area contributed by atoms with Gasteiger partial charge in [-0.05, 0) is 12.8 Å². The maximum atomic E-state index is 10.9. The summed E-state index contributed by atoms with van der Waals surface area (Å²) < 4.78 is 0. The Morgan fingerprint density at radius 1 is 1.27 bits per heavy atom. The van der Waals surface area contributed by atoms with Crippen LogP contribution in [0.15, 0.2) is 11.8 Å². The second-order valence-electron chi connectivity index (χ2n) is 2.60. The van der Waals surface area contributed by atoms with Crippen LogP contribution in [0.5, 0.6) is 0 Å². The van der Waals surface area contributed by atoms with Gasteiger partial charge in [-0.3, -0.25) is 4.79 Å². The summed E-state index contributed by atoms with van der Waals surface area (Å²) in [6.07, 6.45) is 4.20. The minimum atomic E-state index is 0.0263. The Morgan fingerprint density at radius 2 is 1.82 bits per heavy atom. The van der Waals surface area contributed by atoms with Gasteiger partial charge in [-0.25, -0.2) is 0 Å². The summed E-state index contributed by atoms with van der Waals surface area (Å²) in [7, 11) is 0. The second kappa shape index (κ2) is 5.96. The van der Waals surface area contributed by atoms with E-state index >= 15 is 0 Å². The second-order valence-corrected chi connectivity index (χ2v) is 2.60. The maximum Gasteiger partial charge on any atom is 0.159 e.